The summed E-state index contributed by atoms with van der Waals surface area (Å²) in [4.78, 5) is 4.78. The Morgan fingerprint density at radius 1 is 1.29 bits per heavy atom. The highest BCUT2D eigenvalue weighted by Gasteiger charge is 2.32. The Morgan fingerprint density at radius 3 is 2.71 bits per heavy atom. The van der Waals surface area contributed by atoms with Gasteiger partial charge in [-0.1, -0.05) is 26.7 Å². The number of aryl methyl sites for hydroxylation is 2. The summed E-state index contributed by atoms with van der Waals surface area (Å²) in [6.45, 7) is 9.78. The first-order valence-electron chi connectivity index (χ1n) is 8.08. The van der Waals surface area contributed by atoms with Gasteiger partial charge in [0.15, 0.2) is 5.65 Å². The maximum Gasteiger partial charge on any atom is 0.159 e. The minimum absolute atomic E-state index is 0.468. The Bertz CT molecular complexity index is 642. The van der Waals surface area contributed by atoms with Gasteiger partial charge in [0.25, 0.3) is 0 Å². The highest BCUT2D eigenvalue weighted by atomic mass is 35.5. The molecule has 0 saturated heterocycles. The zero-order valence-electron chi connectivity index (χ0n) is 13.4. The van der Waals surface area contributed by atoms with Gasteiger partial charge in [0.05, 0.1) is 11.6 Å². The van der Waals surface area contributed by atoms with E-state index < -0.39 is 0 Å². The van der Waals surface area contributed by atoms with Crippen molar-refractivity contribution < 1.29 is 0 Å². The molecular formula is C16H25ClN4. The van der Waals surface area contributed by atoms with Gasteiger partial charge in [-0.05, 0) is 32.1 Å². The molecule has 3 atom stereocenters. The summed E-state index contributed by atoms with van der Waals surface area (Å²) in [5.74, 6) is 2.87. The van der Waals surface area contributed by atoms with Crippen molar-refractivity contribution >= 4 is 22.8 Å². The van der Waals surface area contributed by atoms with Gasteiger partial charge in [-0.2, -0.15) is 5.10 Å². The van der Waals surface area contributed by atoms with Crippen LogP contribution in [-0.2, 0) is 12.4 Å². The van der Waals surface area contributed by atoms with Crippen LogP contribution in [-0.4, -0.2) is 19.3 Å². The number of halogens is 1. The number of aromatic nitrogens is 4. The number of nitrogens with zero attached hydrogens (tertiary/aromatic N) is 4. The zero-order chi connectivity index (χ0) is 15.1. The maximum atomic E-state index is 6.20. The standard InChI is InChI=1S/C16H25ClN4/c1-5-20-16-15(12(4)19-20)18-14(9-17)21(16)13-8-6-7-10(2)11(13)3/h10-11,13H,5-9H2,1-4H3. The lowest BCUT2D eigenvalue weighted by atomic mass is 9.78. The van der Waals surface area contributed by atoms with E-state index in [9.17, 15) is 0 Å². The molecule has 5 heteroatoms. The lowest BCUT2D eigenvalue weighted by molar-refractivity contribution is 0.186. The number of hydrogen-bond acceptors (Lipinski definition) is 2. The number of imidazole rings is 1. The quantitative estimate of drug-likeness (QED) is 0.793. The molecule has 0 bridgehead atoms. The van der Waals surface area contributed by atoms with E-state index in [4.69, 9.17) is 16.6 Å². The molecular weight excluding hydrogens is 284 g/mol. The first kappa shape index (κ1) is 14.9. The molecule has 21 heavy (non-hydrogen) atoms. The molecule has 2 aromatic rings. The third-order valence-electron chi connectivity index (χ3n) is 5.23. The average molecular weight is 309 g/mol. The fraction of sp³-hybridized carbons (Fsp3) is 0.750. The molecule has 3 unspecified atom stereocenters. The largest absolute Gasteiger partial charge is 0.308 e. The molecule has 2 heterocycles. The summed E-state index contributed by atoms with van der Waals surface area (Å²) in [5, 5.41) is 4.63. The van der Waals surface area contributed by atoms with Gasteiger partial charge in [-0.25, -0.2) is 9.67 Å². The van der Waals surface area contributed by atoms with Gasteiger partial charge in [0, 0.05) is 12.6 Å². The highest BCUT2D eigenvalue weighted by molar-refractivity contribution is 6.16. The van der Waals surface area contributed by atoms with Gasteiger partial charge < -0.3 is 4.57 Å². The van der Waals surface area contributed by atoms with E-state index in [0.717, 1.165) is 35.1 Å². The second-order valence-corrected chi connectivity index (χ2v) is 6.71. The lowest BCUT2D eigenvalue weighted by Crippen LogP contribution is -2.28. The van der Waals surface area contributed by atoms with Crippen LogP contribution in [0, 0.1) is 18.8 Å². The predicted molar refractivity (Wildman–Crippen MR) is 86.7 cm³/mol. The van der Waals surface area contributed by atoms with Crippen molar-refractivity contribution in [3.8, 4) is 0 Å². The van der Waals surface area contributed by atoms with Gasteiger partial charge in [-0.15, -0.1) is 11.6 Å². The van der Waals surface area contributed by atoms with Crippen molar-refractivity contribution in [2.24, 2.45) is 11.8 Å². The van der Waals surface area contributed by atoms with Gasteiger partial charge in [0.1, 0.15) is 11.3 Å². The fourth-order valence-corrected chi connectivity index (χ4v) is 4.00. The average Bonchev–Trinajstić information content (AvgIpc) is 3.00. The number of alkyl halides is 1. The maximum absolute atomic E-state index is 6.20. The van der Waals surface area contributed by atoms with Crippen LogP contribution >= 0.6 is 11.6 Å². The van der Waals surface area contributed by atoms with Crippen LogP contribution in [0.15, 0.2) is 0 Å². The predicted octanol–water partition coefficient (Wildman–Crippen LogP) is 4.30. The first-order chi connectivity index (χ1) is 10.1. The molecule has 4 nitrogen and oxygen atoms in total. The summed E-state index contributed by atoms with van der Waals surface area (Å²) in [5.41, 5.74) is 3.20. The fourth-order valence-electron chi connectivity index (χ4n) is 3.82. The van der Waals surface area contributed by atoms with E-state index in [1.165, 1.54) is 19.3 Å². The van der Waals surface area contributed by atoms with E-state index in [1.54, 1.807) is 0 Å². The molecule has 0 aromatic carbocycles. The van der Waals surface area contributed by atoms with Crippen LogP contribution in [0.5, 0.6) is 0 Å². The molecule has 1 fully saturated rings. The molecule has 116 valence electrons. The summed E-state index contributed by atoms with van der Waals surface area (Å²) in [7, 11) is 0. The molecule has 0 radical (unpaired) electrons. The Hall–Kier alpha value is -1.03. The van der Waals surface area contributed by atoms with E-state index in [2.05, 4.69) is 35.1 Å². The minimum Gasteiger partial charge on any atom is -0.308 e. The molecule has 1 saturated carbocycles. The van der Waals surface area contributed by atoms with Crippen LogP contribution in [0.4, 0.5) is 0 Å². The van der Waals surface area contributed by atoms with E-state index in [-0.39, 0.29) is 0 Å². The molecule has 0 spiro atoms. The van der Waals surface area contributed by atoms with Crippen molar-refractivity contribution in [1.29, 1.82) is 0 Å². The number of hydrogen-bond donors (Lipinski definition) is 0. The van der Waals surface area contributed by atoms with Crippen LogP contribution in [0.25, 0.3) is 11.2 Å². The molecule has 0 aliphatic heterocycles. The van der Waals surface area contributed by atoms with Gasteiger partial charge in [-0.3, -0.25) is 0 Å². The molecule has 1 aliphatic carbocycles. The smallest absolute Gasteiger partial charge is 0.159 e. The van der Waals surface area contributed by atoms with E-state index in [1.807, 2.05) is 6.92 Å². The normalized spacial score (nSPS) is 26.6. The van der Waals surface area contributed by atoms with Crippen LogP contribution < -0.4 is 0 Å². The zero-order valence-corrected chi connectivity index (χ0v) is 14.2. The van der Waals surface area contributed by atoms with Crippen molar-refractivity contribution in [2.45, 2.75) is 65.4 Å². The summed E-state index contributed by atoms with van der Waals surface area (Å²) >= 11 is 6.20. The third kappa shape index (κ3) is 2.28. The van der Waals surface area contributed by atoms with Crippen molar-refractivity contribution in [3.63, 3.8) is 0 Å². The van der Waals surface area contributed by atoms with Crippen molar-refractivity contribution in [3.05, 3.63) is 11.5 Å². The Kier molecular flexibility index (Phi) is 4.00. The second kappa shape index (κ2) is 5.64. The monoisotopic (exact) mass is 308 g/mol. The van der Waals surface area contributed by atoms with Crippen LogP contribution in [0.3, 0.4) is 0 Å². The Balaban J connectivity index is 2.19. The highest BCUT2D eigenvalue weighted by Crippen LogP contribution is 2.40. The topological polar surface area (TPSA) is 35.6 Å². The van der Waals surface area contributed by atoms with E-state index in [0.29, 0.717) is 17.8 Å². The van der Waals surface area contributed by atoms with E-state index >= 15 is 0 Å². The SMILES string of the molecule is CCn1nc(C)c2nc(CCl)n(C3CCCC(C)C3C)c21. The minimum atomic E-state index is 0.468. The summed E-state index contributed by atoms with van der Waals surface area (Å²) < 4.78 is 4.48. The first-order valence-corrected chi connectivity index (χ1v) is 8.62. The molecule has 2 aromatic heterocycles. The van der Waals surface area contributed by atoms with Gasteiger partial charge >= 0.3 is 0 Å². The second-order valence-electron chi connectivity index (χ2n) is 6.44. The Morgan fingerprint density at radius 2 is 2.05 bits per heavy atom. The molecule has 3 rings (SSSR count). The van der Waals surface area contributed by atoms with Crippen LogP contribution in [0.1, 0.15) is 57.6 Å². The summed E-state index contributed by atoms with van der Waals surface area (Å²) in [6.07, 6.45) is 3.84. The third-order valence-corrected chi connectivity index (χ3v) is 5.47. The van der Waals surface area contributed by atoms with Gasteiger partial charge in [0.2, 0.25) is 0 Å². The van der Waals surface area contributed by atoms with Crippen molar-refractivity contribution in [1.82, 2.24) is 19.3 Å². The molecule has 0 N–H and O–H groups in total. The summed E-state index contributed by atoms with van der Waals surface area (Å²) in [6, 6.07) is 0.494. The number of fused-ring (bicyclic) bond motifs is 1. The Labute approximate surface area is 131 Å². The van der Waals surface area contributed by atoms with Crippen molar-refractivity contribution in [2.75, 3.05) is 0 Å². The molecule has 1 aliphatic rings. The lowest BCUT2D eigenvalue weighted by Gasteiger charge is -2.36. The van der Waals surface area contributed by atoms with Crippen LogP contribution in [0.2, 0.25) is 0 Å². The molecule has 0 amide bonds. The number of rotatable bonds is 3.